The molecule has 0 spiro atoms. The van der Waals surface area contributed by atoms with Gasteiger partial charge < -0.3 is 10.8 Å². The molecule has 4 heteroatoms. The van der Waals surface area contributed by atoms with Gasteiger partial charge >= 0.3 is 35.5 Å². The van der Waals surface area contributed by atoms with Gasteiger partial charge in [-0.1, -0.05) is 117 Å². The van der Waals surface area contributed by atoms with Crippen LogP contribution in [-0.4, -0.2) is 17.6 Å². The first kappa shape index (κ1) is 30.2. The molecule has 0 amide bonds. The van der Waals surface area contributed by atoms with E-state index in [1.54, 1.807) is 6.92 Å². The molecular formula is C21H44NNaO2. The number of rotatable bonds is 17. The maximum Gasteiger partial charge on any atom is 1.00 e. The molecule has 0 unspecified atom stereocenters. The van der Waals surface area contributed by atoms with Crippen molar-refractivity contribution in [2.75, 3.05) is 6.54 Å². The van der Waals surface area contributed by atoms with Gasteiger partial charge in [0.1, 0.15) is 0 Å². The van der Waals surface area contributed by atoms with Crippen LogP contribution in [0.25, 0.3) is 5.73 Å². The van der Waals surface area contributed by atoms with Gasteiger partial charge in [-0.3, -0.25) is 4.79 Å². The molecule has 0 rings (SSSR count). The molecule has 0 fully saturated rings. The average molecular weight is 366 g/mol. The van der Waals surface area contributed by atoms with Crippen molar-refractivity contribution in [1.82, 2.24) is 0 Å². The van der Waals surface area contributed by atoms with Gasteiger partial charge in [-0.25, -0.2) is 0 Å². The summed E-state index contributed by atoms with van der Waals surface area (Å²) < 4.78 is 0. The molecule has 0 atom stereocenters. The van der Waals surface area contributed by atoms with E-state index >= 15 is 0 Å². The van der Waals surface area contributed by atoms with Crippen LogP contribution in [0.4, 0.5) is 0 Å². The number of aliphatic carboxylic acids is 1. The fourth-order valence-corrected chi connectivity index (χ4v) is 2.67. The Labute approximate surface area is 180 Å². The average Bonchev–Trinajstić information content (AvgIpc) is 2.59. The third-order valence-corrected chi connectivity index (χ3v) is 4.33. The minimum absolute atomic E-state index is 0. The van der Waals surface area contributed by atoms with Crippen LogP contribution >= 0.6 is 0 Å². The number of nitrogens with one attached hydrogen (secondary N) is 1. The number of hydrogen-bond acceptors (Lipinski definition) is 1. The molecule has 3 nitrogen and oxygen atoms in total. The van der Waals surface area contributed by atoms with Gasteiger partial charge in [0.2, 0.25) is 0 Å². The molecule has 146 valence electrons. The van der Waals surface area contributed by atoms with Crippen molar-refractivity contribution in [3.63, 3.8) is 0 Å². The van der Waals surface area contributed by atoms with Crippen LogP contribution in [0, 0.1) is 0 Å². The normalized spacial score (nSPS) is 9.88. The Morgan fingerprint density at radius 2 is 0.880 bits per heavy atom. The Kier molecular flexibility index (Phi) is 35.2. The minimum Gasteiger partial charge on any atom is -0.677 e. The zero-order valence-electron chi connectivity index (χ0n) is 17.6. The number of hydrogen-bond donors (Lipinski definition) is 1. The van der Waals surface area contributed by atoms with Crippen LogP contribution in [0.5, 0.6) is 0 Å². The molecular weight excluding hydrogens is 321 g/mol. The van der Waals surface area contributed by atoms with E-state index in [-0.39, 0.29) is 36.0 Å². The maximum absolute atomic E-state index is 9.37. The molecule has 0 aromatic heterocycles. The summed E-state index contributed by atoms with van der Waals surface area (Å²) in [5, 5.41) is 7.72. The predicted octanol–water partition coefficient (Wildman–Crippen LogP) is 4.79. The zero-order chi connectivity index (χ0) is 18.3. The summed E-state index contributed by atoms with van der Waals surface area (Å²) in [6.07, 6.45) is 22.7. The number of unbranched alkanes of at least 4 members (excludes halogenated alkanes) is 15. The van der Waals surface area contributed by atoms with Crippen molar-refractivity contribution < 1.29 is 39.5 Å². The standard InChI is InChI=1S/C18H38N.C3H6O2.Na/c1-2-3-4-5-6-7-8-9-10-11-12-13-14-15-16-17-18-19;1-2-3(4)5;/h19H,2-18H2,1H3;2H2,1H3,(H,4,5);/q-1;;+1. The largest absolute Gasteiger partial charge is 1.00 e. The van der Waals surface area contributed by atoms with Gasteiger partial charge in [-0.2, -0.15) is 6.54 Å². The number of carbonyl (C=O) groups is 1. The maximum atomic E-state index is 9.37. The van der Waals surface area contributed by atoms with Crippen LogP contribution in [-0.2, 0) is 4.79 Å². The van der Waals surface area contributed by atoms with Crippen LogP contribution in [0.1, 0.15) is 123 Å². The quantitative estimate of drug-likeness (QED) is 0.298. The van der Waals surface area contributed by atoms with Gasteiger partial charge in [0.25, 0.3) is 0 Å². The number of carboxylic acids is 1. The molecule has 0 aliphatic rings. The first-order chi connectivity index (χ1) is 11.7. The Morgan fingerprint density at radius 1 is 0.640 bits per heavy atom. The van der Waals surface area contributed by atoms with E-state index in [2.05, 4.69) is 6.92 Å². The summed E-state index contributed by atoms with van der Waals surface area (Å²) in [5.41, 5.74) is 7.08. The summed E-state index contributed by atoms with van der Waals surface area (Å²) in [4.78, 5) is 9.37. The van der Waals surface area contributed by atoms with E-state index in [4.69, 9.17) is 10.8 Å². The number of carboxylic acid groups (broad SMARTS) is 1. The van der Waals surface area contributed by atoms with Crippen molar-refractivity contribution in [1.29, 1.82) is 0 Å². The van der Waals surface area contributed by atoms with Gasteiger partial charge in [0.15, 0.2) is 0 Å². The fraction of sp³-hybridized carbons (Fsp3) is 0.952. The van der Waals surface area contributed by atoms with Crippen molar-refractivity contribution in [3.8, 4) is 0 Å². The van der Waals surface area contributed by atoms with Gasteiger partial charge in [-0.15, -0.1) is 0 Å². The van der Waals surface area contributed by atoms with E-state index in [0.717, 1.165) is 6.42 Å². The van der Waals surface area contributed by atoms with Crippen LogP contribution < -0.4 is 29.6 Å². The molecule has 0 saturated carbocycles. The van der Waals surface area contributed by atoms with Gasteiger partial charge in [0.05, 0.1) is 0 Å². The molecule has 0 aromatic rings. The molecule has 0 radical (unpaired) electrons. The van der Waals surface area contributed by atoms with Crippen LogP contribution in [0.3, 0.4) is 0 Å². The second-order valence-corrected chi connectivity index (χ2v) is 6.80. The Hall–Kier alpha value is 0.430. The first-order valence-corrected chi connectivity index (χ1v) is 10.5. The second-order valence-electron chi connectivity index (χ2n) is 6.80. The minimum atomic E-state index is -0.745. The smallest absolute Gasteiger partial charge is 0.677 e. The molecule has 0 heterocycles. The summed E-state index contributed by atoms with van der Waals surface area (Å²) in [5.74, 6) is -0.745. The Balaban J connectivity index is -0.000000704. The van der Waals surface area contributed by atoms with E-state index in [0.29, 0.717) is 6.54 Å². The summed E-state index contributed by atoms with van der Waals surface area (Å²) in [6.45, 7) is 4.51. The summed E-state index contributed by atoms with van der Waals surface area (Å²) in [6, 6.07) is 0. The second kappa shape index (κ2) is 29.2. The monoisotopic (exact) mass is 365 g/mol. The van der Waals surface area contributed by atoms with Crippen molar-refractivity contribution >= 4 is 5.97 Å². The molecule has 0 bridgehead atoms. The fourth-order valence-electron chi connectivity index (χ4n) is 2.67. The summed E-state index contributed by atoms with van der Waals surface area (Å²) in [7, 11) is 0. The predicted molar refractivity (Wildman–Crippen MR) is 107 cm³/mol. The molecule has 2 N–H and O–H groups in total. The third kappa shape index (κ3) is 36.2. The van der Waals surface area contributed by atoms with Gasteiger partial charge in [-0.05, 0) is 0 Å². The van der Waals surface area contributed by atoms with E-state index in [9.17, 15) is 4.79 Å². The molecule has 0 aliphatic carbocycles. The summed E-state index contributed by atoms with van der Waals surface area (Å²) >= 11 is 0. The van der Waals surface area contributed by atoms with Gasteiger partial charge in [0, 0.05) is 6.42 Å². The van der Waals surface area contributed by atoms with Crippen molar-refractivity contribution in [2.45, 2.75) is 123 Å². The molecule has 0 saturated heterocycles. The van der Waals surface area contributed by atoms with E-state index in [1.165, 1.54) is 96.3 Å². The Morgan fingerprint density at radius 3 is 1.08 bits per heavy atom. The van der Waals surface area contributed by atoms with Crippen molar-refractivity contribution in [2.24, 2.45) is 0 Å². The SMILES string of the molecule is CCC(=O)O.CCCCCCCCCCCCCCCCCC[NH-].[Na+]. The third-order valence-electron chi connectivity index (χ3n) is 4.33. The van der Waals surface area contributed by atoms with E-state index in [1.807, 2.05) is 0 Å². The molecule has 0 aromatic carbocycles. The Bertz CT molecular complexity index is 222. The van der Waals surface area contributed by atoms with Crippen molar-refractivity contribution in [3.05, 3.63) is 5.73 Å². The molecule has 25 heavy (non-hydrogen) atoms. The first-order valence-electron chi connectivity index (χ1n) is 10.5. The van der Waals surface area contributed by atoms with Crippen LogP contribution in [0.15, 0.2) is 0 Å². The topological polar surface area (TPSA) is 61.1 Å². The van der Waals surface area contributed by atoms with Crippen LogP contribution in [0.2, 0.25) is 0 Å². The molecule has 0 aliphatic heterocycles. The van der Waals surface area contributed by atoms with E-state index < -0.39 is 5.97 Å². The zero-order valence-corrected chi connectivity index (χ0v) is 19.6.